The van der Waals surface area contributed by atoms with Crippen molar-refractivity contribution >= 4 is 11.6 Å². The predicted molar refractivity (Wildman–Crippen MR) is 70.9 cm³/mol. The Labute approximate surface area is 107 Å². The summed E-state index contributed by atoms with van der Waals surface area (Å²) in [6.07, 6.45) is 0. The van der Waals surface area contributed by atoms with E-state index in [2.05, 4.69) is 0 Å². The highest BCUT2D eigenvalue weighted by Crippen LogP contribution is 2.18. The summed E-state index contributed by atoms with van der Waals surface area (Å²) in [6.45, 7) is 3.07. The Balaban J connectivity index is 2.94. The second-order valence-corrected chi connectivity index (χ2v) is 4.32. The van der Waals surface area contributed by atoms with E-state index in [-0.39, 0.29) is 24.8 Å². The first-order chi connectivity index (χ1) is 8.47. The van der Waals surface area contributed by atoms with E-state index < -0.39 is 0 Å². The van der Waals surface area contributed by atoms with Crippen LogP contribution < -0.4 is 10.6 Å². The molecule has 1 aromatic rings. The number of rotatable bonds is 5. The minimum absolute atomic E-state index is 0.0181. The van der Waals surface area contributed by atoms with Crippen LogP contribution in [0.5, 0.6) is 0 Å². The molecule has 0 aliphatic rings. The number of nitrogens with two attached hydrogens (primary N) is 1. The fourth-order valence-electron chi connectivity index (χ4n) is 1.62. The number of hydrogen-bond donors (Lipinski definition) is 1. The Morgan fingerprint density at radius 1 is 1.33 bits per heavy atom. The summed E-state index contributed by atoms with van der Waals surface area (Å²) in [6, 6.07) is 4.65. The van der Waals surface area contributed by atoms with E-state index in [1.807, 2.05) is 17.9 Å². The van der Waals surface area contributed by atoms with Crippen molar-refractivity contribution in [2.45, 2.75) is 13.5 Å². The average Bonchev–Trinajstić information content (AvgIpc) is 2.34. The van der Waals surface area contributed by atoms with Gasteiger partial charge < -0.3 is 15.5 Å². The summed E-state index contributed by atoms with van der Waals surface area (Å²) in [5, 5.41) is 0. The van der Waals surface area contributed by atoms with Crippen molar-refractivity contribution in [1.29, 1.82) is 0 Å². The minimum Gasteiger partial charge on any atom is -0.362 e. The number of likely N-dealkylation sites (N-methyl/N-ethyl adjacent to an activating group) is 2. The number of anilines is 1. The van der Waals surface area contributed by atoms with E-state index in [1.165, 1.54) is 17.0 Å². The Morgan fingerprint density at radius 2 is 2.00 bits per heavy atom. The lowest BCUT2D eigenvalue weighted by molar-refractivity contribution is -0.127. The fraction of sp³-hybridized carbons (Fsp3) is 0.462. The van der Waals surface area contributed by atoms with Gasteiger partial charge in [-0.15, -0.1) is 0 Å². The largest absolute Gasteiger partial charge is 0.362 e. The van der Waals surface area contributed by atoms with Crippen molar-refractivity contribution in [3.05, 3.63) is 29.6 Å². The highest BCUT2D eigenvalue weighted by Gasteiger charge is 2.12. The van der Waals surface area contributed by atoms with Crippen LogP contribution in [0.2, 0.25) is 0 Å². The van der Waals surface area contributed by atoms with E-state index in [0.717, 1.165) is 5.56 Å². The third-order valence-electron chi connectivity index (χ3n) is 2.75. The van der Waals surface area contributed by atoms with E-state index >= 15 is 0 Å². The molecule has 0 saturated carbocycles. The molecule has 1 aromatic carbocycles. The SMILES string of the molecule is CCN(CC(=O)N(C)C)c1cc(F)cc(CN)c1. The predicted octanol–water partition coefficient (Wildman–Crippen LogP) is 1.20. The van der Waals surface area contributed by atoms with Gasteiger partial charge in [-0.05, 0) is 30.7 Å². The average molecular weight is 253 g/mol. The second-order valence-electron chi connectivity index (χ2n) is 4.32. The maximum Gasteiger partial charge on any atom is 0.241 e. The molecule has 100 valence electrons. The van der Waals surface area contributed by atoms with Gasteiger partial charge in [-0.3, -0.25) is 4.79 Å². The summed E-state index contributed by atoms with van der Waals surface area (Å²) in [5.41, 5.74) is 6.93. The third kappa shape index (κ3) is 3.70. The molecule has 0 saturated heterocycles. The van der Waals surface area contributed by atoms with Gasteiger partial charge in [-0.1, -0.05) is 0 Å². The molecule has 2 N–H and O–H groups in total. The fourth-order valence-corrected chi connectivity index (χ4v) is 1.62. The number of carbonyl (C=O) groups excluding carboxylic acids is 1. The van der Waals surface area contributed by atoms with E-state index in [4.69, 9.17) is 5.73 Å². The van der Waals surface area contributed by atoms with Gasteiger partial charge in [0.15, 0.2) is 0 Å². The van der Waals surface area contributed by atoms with Gasteiger partial charge >= 0.3 is 0 Å². The smallest absolute Gasteiger partial charge is 0.241 e. The molecule has 5 heteroatoms. The molecule has 1 rings (SSSR count). The molecule has 0 aliphatic carbocycles. The van der Waals surface area contributed by atoms with Crippen LogP contribution >= 0.6 is 0 Å². The van der Waals surface area contributed by atoms with Crippen molar-refractivity contribution in [3.8, 4) is 0 Å². The zero-order valence-corrected chi connectivity index (χ0v) is 11.1. The summed E-state index contributed by atoms with van der Waals surface area (Å²) >= 11 is 0. The zero-order valence-electron chi connectivity index (χ0n) is 11.1. The summed E-state index contributed by atoms with van der Waals surface area (Å²) in [7, 11) is 3.40. The lowest BCUT2D eigenvalue weighted by atomic mass is 10.1. The monoisotopic (exact) mass is 253 g/mol. The van der Waals surface area contributed by atoms with E-state index in [1.54, 1.807) is 14.1 Å². The normalized spacial score (nSPS) is 10.3. The van der Waals surface area contributed by atoms with Crippen LogP contribution in [0.15, 0.2) is 18.2 Å². The minimum atomic E-state index is -0.330. The number of halogens is 1. The van der Waals surface area contributed by atoms with Gasteiger partial charge in [0, 0.05) is 32.9 Å². The van der Waals surface area contributed by atoms with Crippen molar-refractivity contribution in [2.24, 2.45) is 5.73 Å². The summed E-state index contributed by atoms with van der Waals surface area (Å²) in [4.78, 5) is 15.0. The molecule has 0 unspecified atom stereocenters. The molecule has 0 atom stereocenters. The van der Waals surface area contributed by atoms with Gasteiger partial charge in [-0.25, -0.2) is 4.39 Å². The topological polar surface area (TPSA) is 49.6 Å². The summed E-state index contributed by atoms with van der Waals surface area (Å²) in [5.74, 6) is -0.348. The Hall–Kier alpha value is -1.62. The highest BCUT2D eigenvalue weighted by molar-refractivity contribution is 5.81. The number of carbonyl (C=O) groups is 1. The van der Waals surface area contributed by atoms with Crippen molar-refractivity contribution in [2.75, 3.05) is 32.1 Å². The first-order valence-electron chi connectivity index (χ1n) is 5.92. The quantitative estimate of drug-likeness (QED) is 0.858. The second kappa shape index (κ2) is 6.35. The molecule has 0 spiro atoms. The molecular weight excluding hydrogens is 233 g/mol. The molecule has 18 heavy (non-hydrogen) atoms. The lowest BCUT2D eigenvalue weighted by Crippen LogP contribution is -2.36. The molecule has 0 bridgehead atoms. The molecule has 0 aliphatic heterocycles. The molecule has 0 radical (unpaired) electrons. The first kappa shape index (κ1) is 14.4. The Bertz CT molecular complexity index is 421. The maximum atomic E-state index is 13.4. The van der Waals surface area contributed by atoms with Gasteiger partial charge in [0.2, 0.25) is 5.91 Å². The third-order valence-corrected chi connectivity index (χ3v) is 2.75. The molecule has 0 fully saturated rings. The first-order valence-corrected chi connectivity index (χ1v) is 5.92. The van der Waals surface area contributed by atoms with Crippen LogP contribution in [0.3, 0.4) is 0 Å². The Kier molecular flexibility index (Phi) is 5.09. The number of benzene rings is 1. The number of amides is 1. The number of nitrogens with zero attached hydrogens (tertiary/aromatic N) is 2. The maximum absolute atomic E-state index is 13.4. The van der Waals surface area contributed by atoms with Gasteiger partial charge in [0.25, 0.3) is 0 Å². The van der Waals surface area contributed by atoms with Crippen LogP contribution in [-0.2, 0) is 11.3 Å². The molecule has 0 heterocycles. The van der Waals surface area contributed by atoms with E-state index in [9.17, 15) is 9.18 Å². The van der Waals surface area contributed by atoms with Gasteiger partial charge in [0.1, 0.15) is 5.82 Å². The van der Waals surface area contributed by atoms with Crippen molar-refractivity contribution < 1.29 is 9.18 Å². The van der Waals surface area contributed by atoms with Crippen molar-refractivity contribution in [3.63, 3.8) is 0 Å². The lowest BCUT2D eigenvalue weighted by Gasteiger charge is -2.24. The molecule has 0 aromatic heterocycles. The molecule has 4 nitrogen and oxygen atoms in total. The zero-order chi connectivity index (χ0) is 13.7. The molecular formula is C13H20FN3O. The van der Waals surface area contributed by atoms with Crippen LogP contribution in [0.1, 0.15) is 12.5 Å². The molecule has 1 amide bonds. The van der Waals surface area contributed by atoms with Crippen LogP contribution in [0, 0.1) is 5.82 Å². The van der Waals surface area contributed by atoms with E-state index in [0.29, 0.717) is 12.2 Å². The van der Waals surface area contributed by atoms with Gasteiger partial charge in [0.05, 0.1) is 6.54 Å². The summed E-state index contributed by atoms with van der Waals surface area (Å²) < 4.78 is 13.4. The van der Waals surface area contributed by atoms with Crippen LogP contribution in [0.25, 0.3) is 0 Å². The van der Waals surface area contributed by atoms with Crippen LogP contribution in [0.4, 0.5) is 10.1 Å². The number of hydrogen-bond acceptors (Lipinski definition) is 3. The van der Waals surface area contributed by atoms with Crippen LogP contribution in [-0.4, -0.2) is 38.0 Å². The Morgan fingerprint density at radius 3 is 2.50 bits per heavy atom. The highest BCUT2D eigenvalue weighted by atomic mass is 19.1. The van der Waals surface area contributed by atoms with Crippen molar-refractivity contribution in [1.82, 2.24) is 4.90 Å². The van der Waals surface area contributed by atoms with Gasteiger partial charge in [-0.2, -0.15) is 0 Å². The standard InChI is InChI=1S/C13H20FN3O/c1-4-17(9-13(18)16(2)3)12-6-10(8-15)5-11(14)7-12/h5-7H,4,8-9,15H2,1-3H3.